The third-order valence-corrected chi connectivity index (χ3v) is 7.31. The number of primary sulfonamides is 1. The number of nitrogens with two attached hydrogens (primary N) is 2. The van der Waals surface area contributed by atoms with Crippen molar-refractivity contribution < 1.29 is 17.9 Å². The van der Waals surface area contributed by atoms with Gasteiger partial charge in [-0.1, -0.05) is 0 Å². The summed E-state index contributed by atoms with van der Waals surface area (Å²) >= 11 is 0. The highest BCUT2D eigenvalue weighted by Crippen LogP contribution is 2.26. The predicted octanol–water partition coefficient (Wildman–Crippen LogP) is 3.29. The van der Waals surface area contributed by atoms with Gasteiger partial charge in [-0.25, -0.2) is 13.6 Å². The number of aromatic nitrogens is 1. The Morgan fingerprint density at radius 2 is 1.58 bits per heavy atom. The van der Waals surface area contributed by atoms with Gasteiger partial charge in [0.15, 0.2) is 6.61 Å². The zero-order valence-electron chi connectivity index (χ0n) is 20.5. The number of rotatable bonds is 7. The van der Waals surface area contributed by atoms with Gasteiger partial charge in [0.1, 0.15) is 5.75 Å². The largest absolute Gasteiger partial charge is 0.484 e. The van der Waals surface area contributed by atoms with E-state index >= 15 is 0 Å². The maximum atomic E-state index is 12.7. The van der Waals surface area contributed by atoms with Crippen molar-refractivity contribution >= 4 is 62.0 Å². The van der Waals surface area contributed by atoms with Gasteiger partial charge >= 0.3 is 0 Å². The number of hydrogen-bond donors (Lipinski definition) is 4. The van der Waals surface area contributed by atoms with Gasteiger partial charge in [0.2, 0.25) is 10.0 Å². The highest BCUT2D eigenvalue weighted by atomic mass is 35.5. The van der Waals surface area contributed by atoms with Crippen molar-refractivity contribution in [3.63, 3.8) is 0 Å². The van der Waals surface area contributed by atoms with E-state index < -0.39 is 10.0 Å². The fourth-order valence-electron chi connectivity index (χ4n) is 4.31. The molecule has 0 aliphatic carbocycles. The molecular weight excluding hydrogens is 528 g/mol. The Kier molecular flexibility index (Phi) is 8.00. The van der Waals surface area contributed by atoms with Crippen molar-refractivity contribution in [2.45, 2.75) is 4.90 Å². The van der Waals surface area contributed by atoms with Gasteiger partial charge in [0.25, 0.3) is 5.91 Å². The molecular formula is C26H29ClN6O4S. The van der Waals surface area contributed by atoms with Crippen molar-refractivity contribution in [3.05, 3.63) is 72.9 Å². The lowest BCUT2D eigenvalue weighted by Gasteiger charge is -2.36. The van der Waals surface area contributed by atoms with Crippen molar-refractivity contribution in [3.8, 4) is 5.75 Å². The van der Waals surface area contributed by atoms with Crippen LogP contribution in [-0.2, 0) is 14.8 Å². The van der Waals surface area contributed by atoms with Gasteiger partial charge in [-0.3, -0.25) is 4.79 Å². The molecule has 5 rings (SSSR count). The van der Waals surface area contributed by atoms with Crippen LogP contribution in [0, 0.1) is 0 Å². The lowest BCUT2D eigenvalue weighted by molar-refractivity contribution is -0.133. The van der Waals surface area contributed by atoms with Crippen LogP contribution in [-0.4, -0.2) is 57.0 Å². The standard InChI is InChI=1S/C26H28N6O4S.ClH/c27-24-16-29-25-10-7-21(15-23(24)25)36-17-26(33)32-13-11-31(12-14-32)20-5-1-18(2-6-20)30-19-3-8-22(9-4-19)37(28,34)35;/h1-10,15-16,29-30H,11-14,17,27H2,(H2,28,34,35);1H. The zero-order chi connectivity index (χ0) is 26.0. The minimum Gasteiger partial charge on any atom is -0.484 e. The third kappa shape index (κ3) is 6.13. The molecule has 1 amide bonds. The molecule has 0 saturated carbocycles. The van der Waals surface area contributed by atoms with Crippen LogP contribution in [0.4, 0.5) is 22.7 Å². The summed E-state index contributed by atoms with van der Waals surface area (Å²) < 4.78 is 28.5. The van der Waals surface area contributed by atoms with E-state index in [9.17, 15) is 13.2 Å². The van der Waals surface area contributed by atoms with Crippen LogP contribution < -0.4 is 25.8 Å². The number of fused-ring (bicyclic) bond motifs is 1. The molecule has 0 atom stereocenters. The summed E-state index contributed by atoms with van der Waals surface area (Å²) in [6.45, 7) is 2.65. The SMILES string of the molecule is Cl.Nc1c[nH]c2ccc(OCC(=O)N3CCN(c4ccc(Nc5ccc(S(N)(=O)=O)cc5)cc4)CC3)cc12. The van der Waals surface area contributed by atoms with Crippen molar-refractivity contribution in [1.82, 2.24) is 9.88 Å². The molecule has 200 valence electrons. The van der Waals surface area contributed by atoms with E-state index in [1.807, 2.05) is 47.4 Å². The minimum absolute atomic E-state index is 0. The normalized spacial score (nSPS) is 13.7. The first kappa shape index (κ1) is 27.1. The van der Waals surface area contributed by atoms with E-state index in [2.05, 4.69) is 15.2 Å². The lowest BCUT2D eigenvalue weighted by Crippen LogP contribution is -2.50. The molecule has 1 saturated heterocycles. The topological polar surface area (TPSA) is 147 Å². The number of hydrogen-bond acceptors (Lipinski definition) is 7. The Bertz CT molecular complexity index is 1520. The molecule has 2 heterocycles. The van der Waals surface area contributed by atoms with Crippen molar-refractivity contribution in [2.24, 2.45) is 5.14 Å². The predicted molar refractivity (Wildman–Crippen MR) is 152 cm³/mol. The number of nitrogens with one attached hydrogen (secondary N) is 2. The average Bonchev–Trinajstić information content (AvgIpc) is 3.27. The molecule has 0 spiro atoms. The second-order valence-corrected chi connectivity index (χ2v) is 10.4. The van der Waals surface area contributed by atoms with E-state index in [1.54, 1.807) is 18.3 Å². The number of anilines is 4. The van der Waals surface area contributed by atoms with E-state index in [-0.39, 0.29) is 29.8 Å². The maximum Gasteiger partial charge on any atom is 0.260 e. The summed E-state index contributed by atoms with van der Waals surface area (Å²) in [5.74, 6) is 0.564. The number of H-pyrrole nitrogens is 1. The number of piperazine rings is 1. The van der Waals surface area contributed by atoms with E-state index in [0.29, 0.717) is 24.5 Å². The Balaban J connectivity index is 0.00000336. The number of amides is 1. The molecule has 10 nitrogen and oxygen atoms in total. The number of carbonyl (C=O) groups is 1. The van der Waals surface area contributed by atoms with E-state index in [0.717, 1.165) is 41.1 Å². The summed E-state index contributed by atoms with van der Waals surface area (Å²) in [7, 11) is -3.71. The van der Waals surface area contributed by atoms with Gasteiger partial charge < -0.3 is 30.6 Å². The second-order valence-electron chi connectivity index (χ2n) is 8.85. The number of sulfonamides is 1. The first-order valence-corrected chi connectivity index (χ1v) is 13.3. The number of aromatic amines is 1. The van der Waals surface area contributed by atoms with Crippen molar-refractivity contribution in [2.75, 3.05) is 48.7 Å². The molecule has 12 heteroatoms. The summed E-state index contributed by atoms with van der Waals surface area (Å²) in [5, 5.41) is 9.26. The van der Waals surface area contributed by atoms with Crippen LogP contribution in [0.25, 0.3) is 10.9 Å². The van der Waals surface area contributed by atoms with Crippen LogP contribution in [0.3, 0.4) is 0 Å². The molecule has 4 aromatic rings. The summed E-state index contributed by atoms with van der Waals surface area (Å²) in [5.41, 5.74) is 10.2. The molecule has 1 fully saturated rings. The Morgan fingerprint density at radius 3 is 2.21 bits per heavy atom. The number of carbonyl (C=O) groups excluding carboxylic acids is 1. The lowest BCUT2D eigenvalue weighted by atomic mass is 10.2. The highest BCUT2D eigenvalue weighted by molar-refractivity contribution is 7.89. The third-order valence-electron chi connectivity index (χ3n) is 6.38. The van der Waals surface area contributed by atoms with E-state index in [4.69, 9.17) is 15.6 Å². The monoisotopic (exact) mass is 556 g/mol. The van der Waals surface area contributed by atoms with Gasteiger partial charge in [-0.2, -0.15) is 0 Å². The first-order chi connectivity index (χ1) is 17.8. The fraction of sp³-hybridized carbons (Fsp3) is 0.192. The van der Waals surface area contributed by atoms with Gasteiger partial charge in [-0.15, -0.1) is 12.4 Å². The Labute approximate surface area is 227 Å². The second kappa shape index (κ2) is 11.2. The molecule has 3 aromatic carbocycles. The first-order valence-electron chi connectivity index (χ1n) is 11.8. The number of benzene rings is 3. The molecule has 6 N–H and O–H groups in total. The fourth-order valence-corrected chi connectivity index (χ4v) is 4.83. The van der Waals surface area contributed by atoms with Crippen LogP contribution in [0.5, 0.6) is 5.75 Å². The molecule has 0 bridgehead atoms. The van der Waals surface area contributed by atoms with Gasteiger partial charge in [0.05, 0.1) is 10.6 Å². The highest BCUT2D eigenvalue weighted by Gasteiger charge is 2.22. The van der Waals surface area contributed by atoms with Crippen LogP contribution in [0.2, 0.25) is 0 Å². The van der Waals surface area contributed by atoms with Crippen LogP contribution in [0.1, 0.15) is 0 Å². The summed E-state index contributed by atoms with van der Waals surface area (Å²) in [6.07, 6.45) is 1.74. The molecule has 0 unspecified atom stereocenters. The molecule has 38 heavy (non-hydrogen) atoms. The average molecular weight is 557 g/mol. The van der Waals surface area contributed by atoms with Crippen LogP contribution >= 0.6 is 12.4 Å². The van der Waals surface area contributed by atoms with Crippen molar-refractivity contribution in [1.29, 1.82) is 0 Å². The van der Waals surface area contributed by atoms with E-state index in [1.165, 1.54) is 12.1 Å². The summed E-state index contributed by atoms with van der Waals surface area (Å²) in [4.78, 5) is 19.9. The van der Waals surface area contributed by atoms with Gasteiger partial charge in [-0.05, 0) is 66.7 Å². The maximum absolute atomic E-state index is 12.7. The molecule has 1 aliphatic rings. The zero-order valence-corrected chi connectivity index (χ0v) is 22.1. The molecule has 1 aromatic heterocycles. The Morgan fingerprint density at radius 1 is 0.947 bits per heavy atom. The molecule has 0 radical (unpaired) electrons. The Hall–Kier alpha value is -3.93. The number of halogens is 1. The smallest absolute Gasteiger partial charge is 0.260 e. The molecule has 1 aliphatic heterocycles. The van der Waals surface area contributed by atoms with Crippen LogP contribution in [0.15, 0.2) is 77.8 Å². The number of nitrogens with zero attached hydrogens (tertiary/aromatic N) is 2. The summed E-state index contributed by atoms with van der Waals surface area (Å²) in [6, 6.07) is 19.8. The number of nitrogen functional groups attached to an aromatic ring is 1. The van der Waals surface area contributed by atoms with Gasteiger partial charge in [0, 0.05) is 60.3 Å². The minimum atomic E-state index is -3.71. The number of ether oxygens (including phenoxy) is 1. The quantitative estimate of drug-likeness (QED) is 0.273.